The molecular formula is C16H13BrClFN2. The number of rotatable bonds is 2. The first-order valence-corrected chi connectivity index (χ1v) is 7.84. The van der Waals surface area contributed by atoms with E-state index in [9.17, 15) is 4.39 Å². The van der Waals surface area contributed by atoms with Gasteiger partial charge in [0.2, 0.25) is 0 Å². The predicted molar refractivity (Wildman–Crippen MR) is 87.8 cm³/mol. The minimum Gasteiger partial charge on any atom is -0.295 e. The molecule has 108 valence electrons. The van der Waals surface area contributed by atoms with E-state index in [-0.39, 0.29) is 11.7 Å². The molecule has 3 aromatic rings. The highest BCUT2D eigenvalue weighted by Gasteiger charge is 2.15. The Bertz CT molecular complexity index is 819. The summed E-state index contributed by atoms with van der Waals surface area (Å²) in [6.07, 6.45) is 0. The second-order valence-electron chi connectivity index (χ2n) is 5.00. The van der Waals surface area contributed by atoms with Gasteiger partial charge in [-0.05, 0) is 49.2 Å². The van der Waals surface area contributed by atoms with E-state index in [1.165, 1.54) is 6.07 Å². The molecular weight excluding hydrogens is 355 g/mol. The van der Waals surface area contributed by atoms with Crippen LogP contribution in [0.2, 0.25) is 0 Å². The second-order valence-corrected chi connectivity index (χ2v) is 6.06. The van der Waals surface area contributed by atoms with Crippen LogP contribution in [-0.2, 0) is 5.88 Å². The molecule has 0 unspecified atom stereocenters. The summed E-state index contributed by atoms with van der Waals surface area (Å²) in [7, 11) is 0. The van der Waals surface area contributed by atoms with E-state index < -0.39 is 0 Å². The average molecular weight is 368 g/mol. The van der Waals surface area contributed by atoms with Crippen molar-refractivity contribution < 1.29 is 4.39 Å². The van der Waals surface area contributed by atoms with E-state index in [0.29, 0.717) is 11.3 Å². The molecule has 2 aromatic carbocycles. The number of aryl methyl sites for hydroxylation is 2. The fourth-order valence-corrected chi connectivity index (χ4v) is 2.95. The molecule has 0 aliphatic heterocycles. The molecule has 0 bridgehead atoms. The Morgan fingerprint density at radius 1 is 1.24 bits per heavy atom. The van der Waals surface area contributed by atoms with Gasteiger partial charge in [-0.25, -0.2) is 9.37 Å². The third-order valence-corrected chi connectivity index (χ3v) is 4.99. The van der Waals surface area contributed by atoms with Crippen LogP contribution >= 0.6 is 27.5 Å². The minimum atomic E-state index is -0.330. The first-order chi connectivity index (χ1) is 10.0. The van der Waals surface area contributed by atoms with Crippen molar-refractivity contribution in [3.63, 3.8) is 0 Å². The number of para-hydroxylation sites is 1. The van der Waals surface area contributed by atoms with Crippen LogP contribution < -0.4 is 0 Å². The van der Waals surface area contributed by atoms with E-state index in [1.807, 2.05) is 36.6 Å². The van der Waals surface area contributed by atoms with Crippen molar-refractivity contribution in [2.24, 2.45) is 0 Å². The first kappa shape index (κ1) is 14.5. The summed E-state index contributed by atoms with van der Waals surface area (Å²) in [5.74, 6) is 0.531. The molecule has 3 rings (SSSR count). The summed E-state index contributed by atoms with van der Waals surface area (Å²) in [4.78, 5) is 4.33. The summed E-state index contributed by atoms with van der Waals surface area (Å²) in [5, 5.41) is 0. The minimum absolute atomic E-state index is 0.224. The number of imidazole rings is 1. The third-order valence-electron chi connectivity index (χ3n) is 3.50. The number of fused-ring (bicyclic) bond motifs is 1. The van der Waals surface area contributed by atoms with Crippen LogP contribution in [0.25, 0.3) is 16.7 Å². The van der Waals surface area contributed by atoms with Crippen molar-refractivity contribution in [3.8, 4) is 5.69 Å². The molecule has 1 heterocycles. The molecule has 1 aromatic heterocycles. The Kier molecular flexibility index (Phi) is 3.76. The number of aromatic nitrogens is 2. The molecule has 0 amide bonds. The Balaban J connectivity index is 2.36. The van der Waals surface area contributed by atoms with Gasteiger partial charge in [0.25, 0.3) is 0 Å². The number of nitrogens with zero attached hydrogens (tertiary/aromatic N) is 2. The van der Waals surface area contributed by atoms with Gasteiger partial charge in [-0.15, -0.1) is 11.6 Å². The Hall–Kier alpha value is -1.39. The van der Waals surface area contributed by atoms with Crippen LogP contribution in [0.4, 0.5) is 4.39 Å². The molecule has 0 fully saturated rings. The maximum absolute atomic E-state index is 13.9. The smallest absolute Gasteiger partial charge is 0.151 e. The van der Waals surface area contributed by atoms with Gasteiger partial charge in [0.05, 0.1) is 11.4 Å². The lowest BCUT2D eigenvalue weighted by Gasteiger charge is -2.12. The van der Waals surface area contributed by atoms with Crippen molar-refractivity contribution in [1.82, 2.24) is 9.55 Å². The summed E-state index contributed by atoms with van der Waals surface area (Å²) in [6.45, 7) is 4.06. The Morgan fingerprint density at radius 2 is 1.90 bits per heavy atom. The van der Waals surface area contributed by atoms with E-state index in [0.717, 1.165) is 26.8 Å². The predicted octanol–water partition coefficient (Wildman–Crippen LogP) is 5.28. The molecule has 0 saturated carbocycles. The van der Waals surface area contributed by atoms with Gasteiger partial charge in [-0.1, -0.05) is 22.0 Å². The van der Waals surface area contributed by atoms with Gasteiger partial charge in [-0.2, -0.15) is 0 Å². The lowest BCUT2D eigenvalue weighted by atomic mass is 10.1. The van der Waals surface area contributed by atoms with Crippen LogP contribution in [0, 0.1) is 19.7 Å². The first-order valence-electron chi connectivity index (χ1n) is 6.52. The van der Waals surface area contributed by atoms with Gasteiger partial charge in [0, 0.05) is 10.2 Å². The molecule has 0 saturated heterocycles. The summed E-state index contributed by atoms with van der Waals surface area (Å²) < 4.78 is 16.9. The Labute approximate surface area is 135 Å². The highest BCUT2D eigenvalue weighted by molar-refractivity contribution is 9.10. The molecule has 0 aliphatic rings. The SMILES string of the molecule is Cc1cc(-n2c(CCl)nc3c(F)cccc32)cc(C)c1Br. The van der Waals surface area contributed by atoms with Crippen molar-refractivity contribution in [2.45, 2.75) is 19.7 Å². The van der Waals surface area contributed by atoms with Gasteiger partial charge < -0.3 is 0 Å². The fraction of sp³-hybridized carbons (Fsp3) is 0.188. The fourth-order valence-electron chi connectivity index (χ4n) is 2.54. The number of benzene rings is 2. The number of alkyl halides is 1. The molecule has 0 spiro atoms. The highest BCUT2D eigenvalue weighted by atomic mass is 79.9. The molecule has 2 nitrogen and oxygen atoms in total. The molecule has 5 heteroatoms. The molecule has 0 radical (unpaired) electrons. The van der Waals surface area contributed by atoms with Gasteiger partial charge >= 0.3 is 0 Å². The maximum atomic E-state index is 13.9. The average Bonchev–Trinajstić information content (AvgIpc) is 2.84. The third kappa shape index (κ3) is 2.36. The van der Waals surface area contributed by atoms with Crippen LogP contribution in [0.15, 0.2) is 34.8 Å². The van der Waals surface area contributed by atoms with Crippen LogP contribution in [-0.4, -0.2) is 9.55 Å². The zero-order chi connectivity index (χ0) is 15.1. The standard InChI is InChI=1S/C16H13BrClFN2/c1-9-6-11(7-10(2)15(9)17)21-13-5-3-4-12(19)16(13)20-14(21)8-18/h3-7H,8H2,1-2H3. The van der Waals surface area contributed by atoms with E-state index in [4.69, 9.17) is 11.6 Å². The maximum Gasteiger partial charge on any atom is 0.151 e. The Morgan fingerprint density at radius 3 is 2.52 bits per heavy atom. The van der Waals surface area contributed by atoms with Crippen molar-refractivity contribution >= 4 is 38.6 Å². The van der Waals surface area contributed by atoms with Crippen molar-refractivity contribution in [3.05, 3.63) is 57.6 Å². The summed E-state index contributed by atoms with van der Waals surface area (Å²) in [6, 6.07) is 9.04. The van der Waals surface area contributed by atoms with Gasteiger partial charge in [-0.3, -0.25) is 4.57 Å². The molecule has 0 aliphatic carbocycles. The number of halogens is 3. The van der Waals surface area contributed by atoms with E-state index in [2.05, 4.69) is 20.9 Å². The van der Waals surface area contributed by atoms with Gasteiger partial charge in [0.1, 0.15) is 11.3 Å². The summed E-state index contributed by atoms with van der Waals surface area (Å²) in [5.41, 5.74) is 4.25. The zero-order valence-corrected chi connectivity index (χ0v) is 14.0. The van der Waals surface area contributed by atoms with E-state index >= 15 is 0 Å². The lowest BCUT2D eigenvalue weighted by molar-refractivity contribution is 0.637. The monoisotopic (exact) mass is 366 g/mol. The summed E-state index contributed by atoms with van der Waals surface area (Å²) >= 11 is 9.56. The second kappa shape index (κ2) is 5.43. The normalized spacial score (nSPS) is 11.3. The molecule has 21 heavy (non-hydrogen) atoms. The van der Waals surface area contributed by atoms with Crippen LogP contribution in [0.3, 0.4) is 0 Å². The molecule has 0 atom stereocenters. The number of hydrogen-bond acceptors (Lipinski definition) is 1. The van der Waals surface area contributed by atoms with Crippen LogP contribution in [0.1, 0.15) is 17.0 Å². The highest BCUT2D eigenvalue weighted by Crippen LogP contribution is 2.29. The largest absolute Gasteiger partial charge is 0.295 e. The van der Waals surface area contributed by atoms with Crippen LogP contribution in [0.5, 0.6) is 0 Å². The molecule has 0 N–H and O–H groups in total. The van der Waals surface area contributed by atoms with Gasteiger partial charge in [0.15, 0.2) is 5.82 Å². The lowest BCUT2D eigenvalue weighted by Crippen LogP contribution is -2.01. The quantitative estimate of drug-likeness (QED) is 0.563. The zero-order valence-electron chi connectivity index (χ0n) is 11.6. The van der Waals surface area contributed by atoms with Crippen molar-refractivity contribution in [2.75, 3.05) is 0 Å². The van der Waals surface area contributed by atoms with E-state index in [1.54, 1.807) is 6.07 Å². The van der Waals surface area contributed by atoms with Crippen molar-refractivity contribution in [1.29, 1.82) is 0 Å². The topological polar surface area (TPSA) is 17.8 Å². The number of hydrogen-bond donors (Lipinski definition) is 0.